The molecule has 0 fully saturated rings. The lowest BCUT2D eigenvalue weighted by Gasteiger charge is -2.21. The van der Waals surface area contributed by atoms with Gasteiger partial charge in [-0.25, -0.2) is 0 Å². The Morgan fingerprint density at radius 1 is 0.905 bits per heavy atom. The molecule has 1 aromatic heterocycles. The minimum atomic E-state index is 0.0523. The number of benzene rings is 2. The summed E-state index contributed by atoms with van der Waals surface area (Å²) < 4.78 is 1.85. The molecule has 0 saturated heterocycles. The van der Waals surface area contributed by atoms with Crippen molar-refractivity contribution in [1.82, 2.24) is 9.78 Å². The maximum absolute atomic E-state index is 4.52. The Morgan fingerprint density at radius 3 is 2.43 bits per heavy atom. The molecule has 0 amide bonds. The molecule has 2 aromatic carbocycles. The number of rotatable bonds is 1. The zero-order valence-corrected chi connectivity index (χ0v) is 12.6. The largest absolute Gasteiger partial charge is 0.275 e. The predicted octanol–water partition coefficient (Wildman–Crippen LogP) is 4.39. The van der Waals surface area contributed by atoms with E-state index in [1.54, 1.807) is 0 Å². The van der Waals surface area contributed by atoms with Gasteiger partial charge in [-0.2, -0.15) is 5.10 Å². The van der Waals surface area contributed by atoms with E-state index in [1.165, 1.54) is 27.8 Å². The summed E-state index contributed by atoms with van der Waals surface area (Å²) in [6.45, 7) is 4.61. The second-order valence-electron chi connectivity index (χ2n) is 6.31. The highest BCUT2D eigenvalue weighted by molar-refractivity contribution is 5.83. The van der Waals surface area contributed by atoms with Crippen molar-refractivity contribution in [2.24, 2.45) is 7.05 Å². The highest BCUT2D eigenvalue weighted by Crippen LogP contribution is 2.49. The number of hydrogen-bond donors (Lipinski definition) is 0. The summed E-state index contributed by atoms with van der Waals surface area (Å²) in [7, 11) is 1.96. The molecule has 0 aliphatic heterocycles. The Hall–Kier alpha value is -2.35. The van der Waals surface area contributed by atoms with E-state index in [9.17, 15) is 0 Å². The van der Waals surface area contributed by atoms with E-state index < -0.39 is 0 Å². The fourth-order valence-electron chi connectivity index (χ4n) is 3.43. The van der Waals surface area contributed by atoms with Crippen LogP contribution in [0.15, 0.2) is 54.7 Å². The van der Waals surface area contributed by atoms with Crippen LogP contribution in [-0.2, 0) is 12.5 Å². The zero-order valence-electron chi connectivity index (χ0n) is 12.6. The average molecular weight is 274 g/mol. The first-order chi connectivity index (χ1) is 10.1. The van der Waals surface area contributed by atoms with Gasteiger partial charge in [0.2, 0.25) is 0 Å². The van der Waals surface area contributed by atoms with Gasteiger partial charge in [0, 0.05) is 24.2 Å². The summed E-state index contributed by atoms with van der Waals surface area (Å²) in [6.07, 6.45) is 1.99. The lowest BCUT2D eigenvalue weighted by atomic mass is 9.82. The average Bonchev–Trinajstić information content (AvgIpc) is 3.01. The van der Waals surface area contributed by atoms with Crippen LogP contribution in [0.2, 0.25) is 0 Å². The van der Waals surface area contributed by atoms with Gasteiger partial charge in [0.15, 0.2) is 0 Å². The van der Waals surface area contributed by atoms with Crippen molar-refractivity contribution in [3.05, 3.63) is 65.9 Å². The summed E-state index contributed by atoms with van der Waals surface area (Å²) in [5.41, 5.74) is 7.81. The molecule has 21 heavy (non-hydrogen) atoms. The molecule has 2 heteroatoms. The van der Waals surface area contributed by atoms with E-state index >= 15 is 0 Å². The van der Waals surface area contributed by atoms with Gasteiger partial charge in [-0.05, 0) is 34.4 Å². The second-order valence-corrected chi connectivity index (χ2v) is 6.31. The van der Waals surface area contributed by atoms with Gasteiger partial charge in [0.25, 0.3) is 0 Å². The third-order valence-electron chi connectivity index (χ3n) is 4.59. The SMILES string of the molecule is Cn1ccc(-c2ccc3c(c2)C(C)(C)c2ccccc2-3)n1. The minimum absolute atomic E-state index is 0.0523. The molecular weight excluding hydrogens is 256 g/mol. The number of aromatic nitrogens is 2. The maximum Gasteiger partial charge on any atom is 0.0923 e. The van der Waals surface area contributed by atoms with E-state index in [2.05, 4.69) is 67.5 Å². The highest BCUT2D eigenvalue weighted by atomic mass is 15.2. The van der Waals surface area contributed by atoms with E-state index in [0.29, 0.717) is 0 Å². The third-order valence-corrected chi connectivity index (χ3v) is 4.59. The molecule has 1 aliphatic carbocycles. The predicted molar refractivity (Wildman–Crippen MR) is 86.2 cm³/mol. The highest BCUT2D eigenvalue weighted by Gasteiger charge is 2.35. The Kier molecular flexibility index (Phi) is 2.41. The summed E-state index contributed by atoms with van der Waals surface area (Å²) in [5, 5.41) is 4.52. The van der Waals surface area contributed by atoms with E-state index in [4.69, 9.17) is 0 Å². The summed E-state index contributed by atoms with van der Waals surface area (Å²) >= 11 is 0. The van der Waals surface area contributed by atoms with Crippen molar-refractivity contribution in [1.29, 1.82) is 0 Å². The Balaban J connectivity index is 1.93. The molecule has 0 spiro atoms. The summed E-state index contributed by atoms with van der Waals surface area (Å²) in [6, 6.07) is 17.5. The van der Waals surface area contributed by atoms with E-state index in [0.717, 1.165) is 5.69 Å². The smallest absolute Gasteiger partial charge is 0.0923 e. The molecule has 0 radical (unpaired) electrons. The van der Waals surface area contributed by atoms with Gasteiger partial charge in [-0.15, -0.1) is 0 Å². The molecule has 0 saturated carbocycles. The lowest BCUT2D eigenvalue weighted by Crippen LogP contribution is -2.14. The van der Waals surface area contributed by atoms with Crippen molar-refractivity contribution >= 4 is 0 Å². The van der Waals surface area contributed by atoms with Crippen LogP contribution in [0.3, 0.4) is 0 Å². The molecule has 3 aromatic rings. The molecule has 0 unspecified atom stereocenters. The van der Waals surface area contributed by atoms with Gasteiger partial charge < -0.3 is 0 Å². The van der Waals surface area contributed by atoms with Gasteiger partial charge in [-0.1, -0.05) is 50.2 Å². The van der Waals surface area contributed by atoms with Crippen LogP contribution in [0.1, 0.15) is 25.0 Å². The van der Waals surface area contributed by atoms with Gasteiger partial charge in [0.05, 0.1) is 5.69 Å². The van der Waals surface area contributed by atoms with Crippen molar-refractivity contribution in [2.75, 3.05) is 0 Å². The fraction of sp³-hybridized carbons (Fsp3) is 0.211. The number of aryl methyl sites for hydroxylation is 1. The normalized spacial score (nSPS) is 14.8. The van der Waals surface area contributed by atoms with Crippen LogP contribution >= 0.6 is 0 Å². The van der Waals surface area contributed by atoms with Gasteiger partial charge in [-0.3, -0.25) is 4.68 Å². The summed E-state index contributed by atoms with van der Waals surface area (Å²) in [5.74, 6) is 0. The fourth-order valence-corrected chi connectivity index (χ4v) is 3.43. The Morgan fingerprint density at radius 2 is 1.67 bits per heavy atom. The molecule has 4 rings (SSSR count). The first-order valence-electron chi connectivity index (χ1n) is 7.32. The van der Waals surface area contributed by atoms with Crippen molar-refractivity contribution in [3.63, 3.8) is 0 Å². The van der Waals surface area contributed by atoms with E-state index in [1.807, 2.05) is 17.9 Å². The van der Waals surface area contributed by atoms with Crippen LogP contribution in [-0.4, -0.2) is 9.78 Å². The molecule has 0 atom stereocenters. The van der Waals surface area contributed by atoms with Crippen molar-refractivity contribution in [3.8, 4) is 22.4 Å². The first-order valence-corrected chi connectivity index (χ1v) is 7.32. The molecule has 104 valence electrons. The monoisotopic (exact) mass is 274 g/mol. The molecule has 2 nitrogen and oxygen atoms in total. The Labute approximate surface area is 125 Å². The minimum Gasteiger partial charge on any atom is -0.275 e. The summed E-state index contributed by atoms with van der Waals surface area (Å²) in [4.78, 5) is 0. The lowest BCUT2D eigenvalue weighted by molar-refractivity contribution is 0.660. The zero-order chi connectivity index (χ0) is 14.6. The van der Waals surface area contributed by atoms with Crippen LogP contribution < -0.4 is 0 Å². The van der Waals surface area contributed by atoms with Crippen molar-refractivity contribution < 1.29 is 0 Å². The standard InChI is InChI=1S/C19H18N2/c1-19(2)16-7-5-4-6-14(16)15-9-8-13(12-17(15)19)18-10-11-21(3)20-18/h4-12H,1-3H3. The van der Waals surface area contributed by atoms with Crippen molar-refractivity contribution in [2.45, 2.75) is 19.3 Å². The molecule has 1 aliphatic rings. The topological polar surface area (TPSA) is 17.8 Å². The number of hydrogen-bond acceptors (Lipinski definition) is 1. The van der Waals surface area contributed by atoms with Crippen LogP contribution in [0.4, 0.5) is 0 Å². The molecule has 0 bridgehead atoms. The molecule has 1 heterocycles. The molecular formula is C19H18N2. The maximum atomic E-state index is 4.52. The van der Waals surface area contributed by atoms with Gasteiger partial charge >= 0.3 is 0 Å². The van der Waals surface area contributed by atoms with Crippen LogP contribution in [0.5, 0.6) is 0 Å². The number of fused-ring (bicyclic) bond motifs is 3. The third kappa shape index (κ3) is 1.69. The van der Waals surface area contributed by atoms with Gasteiger partial charge in [0.1, 0.15) is 0 Å². The molecule has 0 N–H and O–H groups in total. The van der Waals surface area contributed by atoms with Crippen LogP contribution in [0.25, 0.3) is 22.4 Å². The quantitative estimate of drug-likeness (QED) is 0.643. The first kappa shape index (κ1) is 12.4. The number of nitrogens with zero attached hydrogens (tertiary/aromatic N) is 2. The van der Waals surface area contributed by atoms with E-state index in [-0.39, 0.29) is 5.41 Å². The second kappa shape index (κ2) is 4.08. The van der Waals surface area contributed by atoms with Crippen LogP contribution in [0, 0.1) is 0 Å². The Bertz CT molecular complexity index is 840.